The Morgan fingerprint density at radius 1 is 0.621 bits per heavy atom. The normalized spacial score (nSPS) is 12.7. The number of hydrogen-bond acceptors (Lipinski definition) is 4. The molecule has 0 aromatic rings. The predicted octanol–water partition coefficient (Wildman–Crippen LogP) is 3.72. The van der Waals surface area contributed by atoms with Gasteiger partial charge in [0.25, 0.3) is 0 Å². The van der Waals surface area contributed by atoms with Gasteiger partial charge in [0.1, 0.15) is 0 Å². The summed E-state index contributed by atoms with van der Waals surface area (Å²) in [5.41, 5.74) is 0. The van der Waals surface area contributed by atoms with Crippen LogP contribution in [0.5, 0.6) is 0 Å². The minimum Gasteiger partial charge on any atom is -0.748 e. The van der Waals surface area contributed by atoms with Crippen molar-refractivity contribution < 1.29 is 47.6 Å². The van der Waals surface area contributed by atoms with Gasteiger partial charge in [-0.05, 0) is 19.3 Å². The quantitative estimate of drug-likeness (QED) is 0.157. The van der Waals surface area contributed by atoms with E-state index in [1.54, 1.807) is 0 Å². The molecule has 0 aliphatic rings. The molecule has 29 heavy (non-hydrogen) atoms. The molecule has 0 fully saturated rings. The van der Waals surface area contributed by atoms with Gasteiger partial charge in [-0.2, -0.15) is 0 Å². The molecule has 0 spiro atoms. The summed E-state index contributed by atoms with van der Waals surface area (Å²) in [6.07, 6.45) is 23.3. The van der Waals surface area contributed by atoms with Crippen LogP contribution in [-0.2, 0) is 10.1 Å². The largest absolute Gasteiger partial charge is 1.00 e. The summed E-state index contributed by atoms with van der Waals surface area (Å²) in [6, 6.07) is 0. The van der Waals surface area contributed by atoms with E-state index in [-0.39, 0.29) is 41.4 Å². The Hall–Kier alpha value is 0.870. The van der Waals surface area contributed by atoms with E-state index in [9.17, 15) is 18.1 Å². The van der Waals surface area contributed by atoms with Crippen molar-refractivity contribution in [3.8, 4) is 0 Å². The van der Waals surface area contributed by atoms with Crippen LogP contribution in [0.15, 0.2) is 0 Å². The van der Waals surface area contributed by atoms with Gasteiger partial charge in [0, 0.05) is 5.75 Å². The van der Waals surface area contributed by atoms with Crippen molar-refractivity contribution in [3.63, 3.8) is 0 Å². The first-order valence-corrected chi connectivity index (χ1v) is 13.6. The van der Waals surface area contributed by atoms with Crippen molar-refractivity contribution in [2.75, 3.05) is 5.75 Å². The van der Waals surface area contributed by atoms with Crippen LogP contribution >= 0.6 is 0 Å². The summed E-state index contributed by atoms with van der Waals surface area (Å²) in [7, 11) is -4.05. The van der Waals surface area contributed by atoms with Crippen molar-refractivity contribution in [2.24, 2.45) is 0 Å². The Balaban J connectivity index is 0. The van der Waals surface area contributed by atoms with Gasteiger partial charge in [-0.3, -0.25) is 0 Å². The minimum atomic E-state index is -4.05. The summed E-state index contributed by atoms with van der Waals surface area (Å²) in [6.45, 7) is 2.27. The fourth-order valence-corrected chi connectivity index (χ4v) is 4.29. The summed E-state index contributed by atoms with van der Waals surface area (Å²) < 4.78 is 31.5. The van der Waals surface area contributed by atoms with Crippen LogP contribution in [0.2, 0.25) is 0 Å². The molecule has 0 amide bonds. The predicted molar refractivity (Wildman–Crippen MR) is 119 cm³/mol. The zero-order valence-corrected chi connectivity index (χ0v) is 22.3. The van der Waals surface area contributed by atoms with Gasteiger partial charge in [-0.1, -0.05) is 116 Å². The Morgan fingerprint density at radius 3 is 1.28 bits per heavy atom. The first-order chi connectivity index (χ1) is 13.5. The van der Waals surface area contributed by atoms with Crippen molar-refractivity contribution in [1.29, 1.82) is 0 Å². The number of rotatable bonds is 22. The molecule has 0 bridgehead atoms. The summed E-state index contributed by atoms with van der Waals surface area (Å²) >= 11 is 0. The van der Waals surface area contributed by atoms with E-state index < -0.39 is 10.1 Å². The van der Waals surface area contributed by atoms with Crippen LogP contribution in [-0.4, -0.2) is 29.9 Å². The SMILES string of the molecule is CCCCCCCCCCCCCCCC(O)CCCCCCCS(=O)(=O)[O-].[Na+]. The van der Waals surface area contributed by atoms with Gasteiger partial charge in [0.15, 0.2) is 0 Å². The average molecular weight is 443 g/mol. The van der Waals surface area contributed by atoms with E-state index in [0.717, 1.165) is 44.9 Å². The fraction of sp³-hybridized carbons (Fsp3) is 1.00. The first-order valence-electron chi connectivity index (χ1n) is 12.1. The molecule has 0 aromatic carbocycles. The van der Waals surface area contributed by atoms with E-state index >= 15 is 0 Å². The van der Waals surface area contributed by atoms with E-state index in [2.05, 4.69) is 6.92 Å². The molecular weight excluding hydrogens is 395 g/mol. The van der Waals surface area contributed by atoms with Crippen LogP contribution in [0.3, 0.4) is 0 Å². The van der Waals surface area contributed by atoms with Gasteiger partial charge in [0.05, 0.1) is 16.2 Å². The van der Waals surface area contributed by atoms with Gasteiger partial charge in [-0.25, -0.2) is 8.42 Å². The Morgan fingerprint density at radius 2 is 0.931 bits per heavy atom. The topological polar surface area (TPSA) is 77.4 Å². The van der Waals surface area contributed by atoms with Crippen LogP contribution in [0.1, 0.15) is 135 Å². The summed E-state index contributed by atoms with van der Waals surface area (Å²) in [4.78, 5) is 0. The van der Waals surface area contributed by atoms with E-state index in [1.807, 2.05) is 0 Å². The van der Waals surface area contributed by atoms with Crippen LogP contribution in [0, 0.1) is 0 Å². The molecule has 6 heteroatoms. The molecule has 1 unspecified atom stereocenters. The van der Waals surface area contributed by atoms with Gasteiger partial charge in [-0.15, -0.1) is 0 Å². The second-order valence-corrected chi connectivity index (χ2v) is 10.0. The minimum absolute atomic E-state index is 0. The average Bonchev–Trinajstić information content (AvgIpc) is 2.64. The number of hydrogen-bond donors (Lipinski definition) is 1. The molecule has 0 saturated heterocycles. The monoisotopic (exact) mass is 442 g/mol. The Bertz CT molecular complexity index is 415. The third kappa shape index (κ3) is 28.9. The molecule has 4 nitrogen and oxygen atoms in total. The Kier molecular flexibility index (Phi) is 26.0. The van der Waals surface area contributed by atoms with Gasteiger partial charge in [0.2, 0.25) is 0 Å². The standard InChI is InChI=1S/C23H48O4S.Na/c1-2-3-4-5-6-7-8-9-10-11-12-14-17-20-23(24)21-18-15-13-16-19-22-28(25,26)27;/h23-24H,2-22H2,1H3,(H,25,26,27);/q;+1/p-1. The smallest absolute Gasteiger partial charge is 0.748 e. The molecule has 0 aromatic heterocycles. The molecule has 1 N–H and O–H groups in total. The van der Waals surface area contributed by atoms with Crippen molar-refractivity contribution >= 4 is 10.1 Å². The third-order valence-electron chi connectivity index (χ3n) is 5.57. The third-order valence-corrected chi connectivity index (χ3v) is 6.36. The molecule has 0 aliphatic heterocycles. The summed E-state index contributed by atoms with van der Waals surface area (Å²) in [5.74, 6) is -0.241. The fourth-order valence-electron chi connectivity index (χ4n) is 3.73. The zero-order valence-electron chi connectivity index (χ0n) is 19.5. The van der Waals surface area contributed by atoms with Crippen molar-refractivity contribution in [3.05, 3.63) is 0 Å². The van der Waals surface area contributed by atoms with Crippen molar-refractivity contribution in [2.45, 2.75) is 141 Å². The summed E-state index contributed by atoms with van der Waals surface area (Å²) in [5, 5.41) is 10.0. The van der Waals surface area contributed by atoms with Crippen LogP contribution in [0.4, 0.5) is 0 Å². The van der Waals surface area contributed by atoms with E-state index in [4.69, 9.17) is 0 Å². The van der Waals surface area contributed by atoms with E-state index in [1.165, 1.54) is 77.0 Å². The second kappa shape index (κ2) is 23.5. The molecule has 0 saturated carbocycles. The molecular formula is C23H47NaO4S. The maximum Gasteiger partial charge on any atom is 1.00 e. The molecule has 170 valence electrons. The Labute approximate surface area is 204 Å². The maximum atomic E-state index is 10.5. The van der Waals surface area contributed by atoms with Gasteiger partial charge >= 0.3 is 29.6 Å². The number of unbranched alkanes of at least 4 members (excludes halogenated alkanes) is 16. The molecule has 0 radical (unpaired) electrons. The molecule has 0 heterocycles. The maximum absolute atomic E-state index is 10.5. The number of aliphatic hydroxyl groups is 1. The van der Waals surface area contributed by atoms with E-state index in [0.29, 0.717) is 6.42 Å². The van der Waals surface area contributed by atoms with Crippen LogP contribution in [0.25, 0.3) is 0 Å². The van der Waals surface area contributed by atoms with Gasteiger partial charge < -0.3 is 9.66 Å². The zero-order chi connectivity index (χ0) is 20.9. The molecule has 0 aliphatic carbocycles. The van der Waals surface area contributed by atoms with Crippen LogP contribution < -0.4 is 29.6 Å². The molecule has 0 rings (SSSR count). The molecule has 1 atom stereocenters. The second-order valence-electron chi connectivity index (χ2n) is 8.50. The first kappa shape index (κ1) is 32.1. The van der Waals surface area contributed by atoms with Crippen molar-refractivity contribution in [1.82, 2.24) is 0 Å². The number of aliphatic hydroxyl groups excluding tert-OH is 1.